The van der Waals surface area contributed by atoms with E-state index in [9.17, 15) is 0 Å². The standard InChI is InChI=1S/C22H21ClN2O2/c1-26-12-13-27-21-19(22-24-10-11-25-22)14-16-4-2-3-5-18(16)20(21)15-6-8-17(23)9-7-15/h2-9,14H,10-13H2,1H3,(H,24,25). The van der Waals surface area contributed by atoms with Crippen molar-refractivity contribution in [2.45, 2.75) is 0 Å². The van der Waals surface area contributed by atoms with Crippen molar-refractivity contribution in [1.29, 1.82) is 0 Å². The lowest BCUT2D eigenvalue weighted by Crippen LogP contribution is -2.21. The van der Waals surface area contributed by atoms with Gasteiger partial charge in [-0.25, -0.2) is 0 Å². The van der Waals surface area contributed by atoms with Crippen molar-refractivity contribution >= 4 is 28.2 Å². The second-order valence-electron chi connectivity index (χ2n) is 6.35. The number of rotatable bonds is 6. The van der Waals surface area contributed by atoms with Gasteiger partial charge < -0.3 is 14.8 Å². The number of hydrogen-bond acceptors (Lipinski definition) is 4. The minimum atomic E-state index is 0.468. The number of methoxy groups -OCH3 is 1. The first-order valence-corrected chi connectivity index (χ1v) is 9.38. The first-order valence-electron chi connectivity index (χ1n) is 9.00. The monoisotopic (exact) mass is 380 g/mol. The lowest BCUT2D eigenvalue weighted by atomic mass is 9.93. The van der Waals surface area contributed by atoms with Gasteiger partial charge in [0.25, 0.3) is 0 Å². The molecule has 0 spiro atoms. The number of benzene rings is 3. The Bertz CT molecular complexity index is 984. The summed E-state index contributed by atoms with van der Waals surface area (Å²) in [7, 11) is 1.67. The van der Waals surface area contributed by atoms with Crippen molar-refractivity contribution in [3.05, 3.63) is 65.2 Å². The van der Waals surface area contributed by atoms with E-state index in [4.69, 9.17) is 21.1 Å². The van der Waals surface area contributed by atoms with Gasteiger partial charge in [0.2, 0.25) is 0 Å². The van der Waals surface area contributed by atoms with Crippen LogP contribution in [-0.2, 0) is 4.74 Å². The molecule has 0 amide bonds. The van der Waals surface area contributed by atoms with Crippen molar-refractivity contribution in [3.8, 4) is 16.9 Å². The smallest absolute Gasteiger partial charge is 0.138 e. The first-order chi connectivity index (χ1) is 13.3. The highest BCUT2D eigenvalue weighted by atomic mass is 35.5. The first kappa shape index (κ1) is 17.8. The van der Waals surface area contributed by atoms with Crippen LogP contribution in [0.1, 0.15) is 5.56 Å². The van der Waals surface area contributed by atoms with Gasteiger partial charge in [-0.2, -0.15) is 0 Å². The largest absolute Gasteiger partial charge is 0.490 e. The molecule has 1 aliphatic heterocycles. The number of aliphatic imine (C=N–C) groups is 1. The summed E-state index contributed by atoms with van der Waals surface area (Å²) in [6.07, 6.45) is 0. The van der Waals surface area contributed by atoms with Crippen LogP contribution >= 0.6 is 11.6 Å². The topological polar surface area (TPSA) is 42.9 Å². The van der Waals surface area contributed by atoms with E-state index in [1.807, 2.05) is 36.4 Å². The Balaban J connectivity index is 1.98. The maximum Gasteiger partial charge on any atom is 0.138 e. The molecule has 5 heteroatoms. The Hall–Kier alpha value is -2.56. The molecule has 0 aliphatic carbocycles. The molecule has 0 fully saturated rings. The number of halogens is 1. The van der Waals surface area contributed by atoms with E-state index in [1.54, 1.807) is 7.11 Å². The van der Waals surface area contributed by atoms with Gasteiger partial charge >= 0.3 is 0 Å². The molecule has 0 aromatic heterocycles. The second kappa shape index (κ2) is 7.99. The summed E-state index contributed by atoms with van der Waals surface area (Å²) in [6.45, 7) is 2.60. The molecule has 0 unspecified atom stereocenters. The molecule has 1 heterocycles. The lowest BCUT2D eigenvalue weighted by Gasteiger charge is -2.19. The molecular weight excluding hydrogens is 360 g/mol. The molecule has 0 saturated heterocycles. The zero-order valence-electron chi connectivity index (χ0n) is 15.2. The molecule has 27 heavy (non-hydrogen) atoms. The Labute approximate surface area is 163 Å². The number of nitrogens with zero attached hydrogens (tertiary/aromatic N) is 1. The van der Waals surface area contributed by atoms with Crippen LogP contribution in [0.3, 0.4) is 0 Å². The summed E-state index contributed by atoms with van der Waals surface area (Å²) >= 11 is 6.12. The molecule has 1 aliphatic rings. The molecule has 4 rings (SSSR count). The normalized spacial score (nSPS) is 13.5. The summed E-state index contributed by atoms with van der Waals surface area (Å²) in [6, 6.07) is 18.3. The molecule has 0 radical (unpaired) electrons. The Morgan fingerprint density at radius 2 is 1.89 bits per heavy atom. The number of nitrogens with one attached hydrogen (secondary N) is 1. The molecule has 0 saturated carbocycles. The van der Waals surface area contributed by atoms with E-state index < -0.39 is 0 Å². The molecule has 1 N–H and O–H groups in total. The van der Waals surface area contributed by atoms with Gasteiger partial charge in [0.1, 0.15) is 18.2 Å². The van der Waals surface area contributed by atoms with Crippen molar-refractivity contribution in [3.63, 3.8) is 0 Å². The predicted molar refractivity (Wildman–Crippen MR) is 111 cm³/mol. The van der Waals surface area contributed by atoms with Gasteiger partial charge in [0, 0.05) is 24.2 Å². The summed E-state index contributed by atoms with van der Waals surface area (Å²) in [5.41, 5.74) is 3.09. The van der Waals surface area contributed by atoms with Crippen molar-refractivity contribution in [1.82, 2.24) is 5.32 Å². The van der Waals surface area contributed by atoms with Crippen LogP contribution in [0, 0.1) is 0 Å². The molecule has 3 aromatic carbocycles. The number of ether oxygens (including phenoxy) is 2. The van der Waals surface area contributed by atoms with Crippen LogP contribution in [0.5, 0.6) is 5.75 Å². The Kier molecular flexibility index (Phi) is 5.28. The second-order valence-corrected chi connectivity index (χ2v) is 6.79. The van der Waals surface area contributed by atoms with E-state index in [0.29, 0.717) is 18.2 Å². The molecule has 4 nitrogen and oxygen atoms in total. The van der Waals surface area contributed by atoms with Crippen molar-refractivity contribution in [2.24, 2.45) is 4.99 Å². The van der Waals surface area contributed by atoms with Gasteiger partial charge in [-0.15, -0.1) is 0 Å². The third-order valence-electron chi connectivity index (χ3n) is 4.60. The minimum Gasteiger partial charge on any atom is -0.490 e. The zero-order valence-corrected chi connectivity index (χ0v) is 15.9. The van der Waals surface area contributed by atoms with E-state index in [2.05, 4.69) is 28.5 Å². The predicted octanol–water partition coefficient (Wildman–Crippen LogP) is 4.54. The SMILES string of the molecule is COCCOc1c(C2=NCCN2)cc2ccccc2c1-c1ccc(Cl)cc1. The molecular formula is C22H21ClN2O2. The van der Waals surface area contributed by atoms with Crippen molar-refractivity contribution in [2.75, 3.05) is 33.4 Å². The number of amidine groups is 1. The van der Waals surface area contributed by atoms with Gasteiger partial charge in [-0.3, -0.25) is 4.99 Å². The highest BCUT2D eigenvalue weighted by molar-refractivity contribution is 6.30. The van der Waals surface area contributed by atoms with E-state index in [1.165, 1.54) is 0 Å². The minimum absolute atomic E-state index is 0.468. The molecule has 3 aromatic rings. The molecule has 0 atom stereocenters. The van der Waals surface area contributed by atoms with Crippen LogP contribution in [0.4, 0.5) is 0 Å². The van der Waals surface area contributed by atoms with Crippen LogP contribution in [0.2, 0.25) is 5.02 Å². The highest BCUT2D eigenvalue weighted by Crippen LogP contribution is 2.40. The summed E-state index contributed by atoms with van der Waals surface area (Å²) in [5.74, 6) is 1.70. The van der Waals surface area contributed by atoms with Crippen LogP contribution in [0.15, 0.2) is 59.6 Å². The van der Waals surface area contributed by atoms with E-state index >= 15 is 0 Å². The van der Waals surface area contributed by atoms with Gasteiger partial charge in [0.15, 0.2) is 0 Å². The van der Waals surface area contributed by atoms with Crippen molar-refractivity contribution < 1.29 is 9.47 Å². The zero-order chi connectivity index (χ0) is 18.6. The number of hydrogen-bond donors (Lipinski definition) is 1. The van der Waals surface area contributed by atoms with Crippen LogP contribution < -0.4 is 10.1 Å². The Morgan fingerprint density at radius 1 is 1.07 bits per heavy atom. The van der Waals surface area contributed by atoms with Gasteiger partial charge in [-0.1, -0.05) is 48.0 Å². The van der Waals surface area contributed by atoms with E-state index in [-0.39, 0.29) is 0 Å². The van der Waals surface area contributed by atoms with E-state index in [0.717, 1.165) is 52.1 Å². The van der Waals surface area contributed by atoms with Gasteiger partial charge in [0.05, 0.1) is 18.7 Å². The number of fused-ring (bicyclic) bond motifs is 1. The summed E-state index contributed by atoms with van der Waals surface area (Å²) in [4.78, 5) is 4.62. The average molecular weight is 381 g/mol. The third-order valence-corrected chi connectivity index (χ3v) is 4.85. The third kappa shape index (κ3) is 3.64. The maximum atomic E-state index is 6.24. The summed E-state index contributed by atoms with van der Waals surface area (Å²) < 4.78 is 11.4. The fraction of sp³-hybridized carbons (Fsp3) is 0.227. The van der Waals surface area contributed by atoms with Crippen LogP contribution in [-0.4, -0.2) is 39.2 Å². The summed E-state index contributed by atoms with van der Waals surface area (Å²) in [5, 5.41) is 6.36. The molecule has 138 valence electrons. The fourth-order valence-electron chi connectivity index (χ4n) is 3.36. The lowest BCUT2D eigenvalue weighted by molar-refractivity contribution is 0.146. The highest BCUT2D eigenvalue weighted by Gasteiger charge is 2.21. The van der Waals surface area contributed by atoms with Crippen LogP contribution in [0.25, 0.3) is 21.9 Å². The fourth-order valence-corrected chi connectivity index (χ4v) is 3.49. The maximum absolute atomic E-state index is 6.24. The molecule has 0 bridgehead atoms. The quantitative estimate of drug-likeness (QED) is 0.638. The van der Waals surface area contributed by atoms with Gasteiger partial charge in [-0.05, 0) is 34.5 Å². The Morgan fingerprint density at radius 3 is 2.63 bits per heavy atom. The average Bonchev–Trinajstić information content (AvgIpc) is 3.23.